The van der Waals surface area contributed by atoms with Crippen LogP contribution in [-0.4, -0.2) is 51.6 Å². The third-order valence-electron chi connectivity index (χ3n) is 6.84. The van der Waals surface area contributed by atoms with Crippen LogP contribution in [0.4, 0.5) is 4.79 Å². The van der Waals surface area contributed by atoms with Crippen LogP contribution >= 0.6 is 0 Å². The zero-order chi connectivity index (χ0) is 24.7. The number of ether oxygens (including phenoxy) is 1. The number of nitrogens with zero attached hydrogens (tertiary/aromatic N) is 4. The number of carbonyl (C=O) groups is 1. The molecule has 184 valence electrons. The van der Waals surface area contributed by atoms with Gasteiger partial charge < -0.3 is 9.64 Å². The number of carbonyl (C=O) groups excluding carboxylic acids is 1. The Hall–Kier alpha value is -3.90. The van der Waals surface area contributed by atoms with Crippen LogP contribution in [-0.2, 0) is 13.2 Å². The van der Waals surface area contributed by atoms with Crippen molar-refractivity contribution >= 4 is 6.03 Å². The van der Waals surface area contributed by atoms with Gasteiger partial charge in [-0.15, -0.1) is 0 Å². The summed E-state index contributed by atoms with van der Waals surface area (Å²) in [6.07, 6.45) is 5.35. The largest absolute Gasteiger partial charge is 0.489 e. The molecule has 1 saturated heterocycles. The molecule has 1 aliphatic rings. The number of benzene rings is 3. The van der Waals surface area contributed by atoms with Crippen LogP contribution in [0.5, 0.6) is 5.75 Å². The highest BCUT2D eigenvalue weighted by Crippen LogP contribution is 2.24. The van der Waals surface area contributed by atoms with E-state index in [0.29, 0.717) is 6.61 Å². The van der Waals surface area contributed by atoms with Crippen molar-refractivity contribution < 1.29 is 9.53 Å². The van der Waals surface area contributed by atoms with Gasteiger partial charge in [-0.1, -0.05) is 72.8 Å². The first-order valence-electron chi connectivity index (χ1n) is 12.5. The predicted molar refractivity (Wildman–Crippen MR) is 142 cm³/mol. The van der Waals surface area contributed by atoms with Crippen molar-refractivity contribution in [1.29, 1.82) is 0 Å². The summed E-state index contributed by atoms with van der Waals surface area (Å²) in [5.74, 6) is 0.775. The first-order valence-corrected chi connectivity index (χ1v) is 12.5. The second-order valence-corrected chi connectivity index (χ2v) is 9.35. The fraction of sp³-hybridized carbons (Fsp3) is 0.267. The molecule has 4 aromatic rings. The number of piperidine rings is 1. The van der Waals surface area contributed by atoms with Crippen molar-refractivity contribution in [1.82, 2.24) is 19.4 Å². The molecule has 36 heavy (non-hydrogen) atoms. The van der Waals surface area contributed by atoms with Crippen LogP contribution < -0.4 is 4.74 Å². The predicted octanol–water partition coefficient (Wildman–Crippen LogP) is 5.69. The third-order valence-corrected chi connectivity index (χ3v) is 6.84. The summed E-state index contributed by atoms with van der Waals surface area (Å²) in [4.78, 5) is 22.0. The van der Waals surface area contributed by atoms with Crippen LogP contribution in [0.1, 0.15) is 24.0 Å². The number of likely N-dealkylation sites (tertiary alicyclic amines) is 1. The van der Waals surface area contributed by atoms with Crippen molar-refractivity contribution in [2.45, 2.75) is 32.0 Å². The van der Waals surface area contributed by atoms with Gasteiger partial charge in [0, 0.05) is 44.5 Å². The van der Waals surface area contributed by atoms with Gasteiger partial charge in [0.2, 0.25) is 0 Å². The molecule has 0 unspecified atom stereocenters. The van der Waals surface area contributed by atoms with Crippen molar-refractivity contribution in [2.24, 2.45) is 0 Å². The molecule has 0 radical (unpaired) electrons. The highest BCUT2D eigenvalue weighted by atomic mass is 16.5. The van der Waals surface area contributed by atoms with Crippen LogP contribution in [0, 0.1) is 0 Å². The van der Waals surface area contributed by atoms with Crippen LogP contribution in [0.25, 0.3) is 11.3 Å². The maximum absolute atomic E-state index is 13.2. The first-order chi connectivity index (χ1) is 17.7. The Balaban J connectivity index is 1.17. The Morgan fingerprint density at radius 3 is 2.36 bits per heavy atom. The molecule has 2 heterocycles. The number of imidazole rings is 1. The van der Waals surface area contributed by atoms with E-state index < -0.39 is 0 Å². The van der Waals surface area contributed by atoms with Crippen molar-refractivity contribution in [3.05, 3.63) is 109 Å². The van der Waals surface area contributed by atoms with Crippen LogP contribution in [0.15, 0.2) is 97.5 Å². The Bertz CT molecular complexity index is 1260. The highest BCUT2D eigenvalue weighted by molar-refractivity contribution is 5.78. The molecule has 0 atom stereocenters. The second kappa shape index (κ2) is 11.2. The average molecular weight is 481 g/mol. The molecule has 6 heteroatoms. The summed E-state index contributed by atoms with van der Waals surface area (Å²) in [7, 11) is 1.90. The standard InChI is InChI=1S/C30H32N4O2/c1-32(27-15-17-33(18-16-27)20-24-9-4-2-5-10-24)30(35)34-21-29(31-23-34)26-13-8-14-28(19-26)36-22-25-11-6-3-7-12-25/h2-14,19,21,23,27H,15-18,20,22H2,1H3. The molecule has 0 N–H and O–H groups in total. The van der Waals surface area contributed by atoms with Gasteiger partial charge in [-0.25, -0.2) is 9.78 Å². The van der Waals surface area contributed by atoms with E-state index in [1.165, 1.54) is 5.56 Å². The lowest BCUT2D eigenvalue weighted by Crippen LogP contribution is -2.46. The van der Waals surface area contributed by atoms with E-state index in [-0.39, 0.29) is 12.1 Å². The zero-order valence-corrected chi connectivity index (χ0v) is 20.7. The lowest BCUT2D eigenvalue weighted by molar-refractivity contribution is 0.132. The summed E-state index contributed by atoms with van der Waals surface area (Å²) in [6.45, 7) is 3.45. The minimum absolute atomic E-state index is 0.0493. The molecule has 6 nitrogen and oxygen atoms in total. The van der Waals surface area contributed by atoms with Crippen molar-refractivity contribution in [2.75, 3.05) is 20.1 Å². The van der Waals surface area contributed by atoms with Gasteiger partial charge in [-0.3, -0.25) is 9.47 Å². The molecular formula is C30H32N4O2. The molecule has 1 aliphatic heterocycles. The van der Waals surface area contributed by atoms with E-state index in [1.54, 1.807) is 17.1 Å². The number of hydrogen-bond donors (Lipinski definition) is 0. The minimum atomic E-state index is -0.0493. The van der Waals surface area contributed by atoms with E-state index in [9.17, 15) is 4.79 Å². The normalized spacial score (nSPS) is 14.5. The lowest BCUT2D eigenvalue weighted by Gasteiger charge is -2.36. The fourth-order valence-electron chi connectivity index (χ4n) is 4.71. The Labute approximate surface area is 212 Å². The maximum Gasteiger partial charge on any atom is 0.329 e. The smallest absolute Gasteiger partial charge is 0.329 e. The molecule has 1 aromatic heterocycles. The van der Waals surface area contributed by atoms with Gasteiger partial charge in [0.1, 0.15) is 18.7 Å². The summed E-state index contributed by atoms with van der Waals surface area (Å²) in [5, 5.41) is 0. The van der Waals surface area contributed by atoms with Gasteiger partial charge in [0.05, 0.1) is 5.69 Å². The number of aromatic nitrogens is 2. The maximum atomic E-state index is 13.2. The molecule has 0 bridgehead atoms. The van der Waals surface area contributed by atoms with Gasteiger partial charge in [-0.2, -0.15) is 0 Å². The minimum Gasteiger partial charge on any atom is -0.489 e. The van der Waals surface area contributed by atoms with Crippen molar-refractivity contribution in [3.8, 4) is 17.0 Å². The van der Waals surface area contributed by atoms with E-state index in [4.69, 9.17) is 4.74 Å². The zero-order valence-electron chi connectivity index (χ0n) is 20.7. The summed E-state index contributed by atoms with van der Waals surface area (Å²) < 4.78 is 7.54. The Kier molecular flexibility index (Phi) is 7.43. The third kappa shape index (κ3) is 5.83. The topological polar surface area (TPSA) is 50.6 Å². The van der Waals surface area contributed by atoms with Crippen LogP contribution in [0.2, 0.25) is 0 Å². The molecule has 3 aromatic carbocycles. The summed E-state index contributed by atoms with van der Waals surface area (Å²) in [6, 6.07) is 28.7. The lowest BCUT2D eigenvalue weighted by atomic mass is 10.0. The van der Waals surface area contributed by atoms with Crippen LogP contribution in [0.3, 0.4) is 0 Å². The van der Waals surface area contributed by atoms with E-state index in [2.05, 4.69) is 34.1 Å². The molecule has 0 spiro atoms. The number of amides is 1. The van der Waals surface area contributed by atoms with E-state index >= 15 is 0 Å². The van der Waals surface area contributed by atoms with E-state index in [1.807, 2.05) is 72.6 Å². The SMILES string of the molecule is CN(C(=O)n1cnc(-c2cccc(OCc3ccccc3)c2)c1)C1CCN(Cc2ccccc2)CC1. The molecule has 1 amide bonds. The fourth-order valence-corrected chi connectivity index (χ4v) is 4.71. The number of hydrogen-bond acceptors (Lipinski definition) is 4. The Morgan fingerprint density at radius 2 is 1.64 bits per heavy atom. The molecule has 1 fully saturated rings. The summed E-state index contributed by atoms with van der Waals surface area (Å²) in [5.41, 5.74) is 4.12. The van der Waals surface area contributed by atoms with E-state index in [0.717, 1.165) is 55.0 Å². The van der Waals surface area contributed by atoms with Gasteiger partial charge in [0.15, 0.2) is 0 Å². The molecule has 0 aliphatic carbocycles. The number of rotatable bonds is 7. The second-order valence-electron chi connectivity index (χ2n) is 9.35. The first kappa shape index (κ1) is 23.8. The van der Waals surface area contributed by atoms with Crippen molar-refractivity contribution in [3.63, 3.8) is 0 Å². The van der Waals surface area contributed by atoms with Gasteiger partial charge in [0.25, 0.3) is 0 Å². The molecule has 5 rings (SSSR count). The van der Waals surface area contributed by atoms with Gasteiger partial charge in [-0.05, 0) is 36.1 Å². The monoisotopic (exact) mass is 480 g/mol. The molecule has 0 saturated carbocycles. The summed E-state index contributed by atoms with van der Waals surface area (Å²) >= 11 is 0. The van der Waals surface area contributed by atoms with Gasteiger partial charge >= 0.3 is 6.03 Å². The molecular weight excluding hydrogens is 448 g/mol. The Morgan fingerprint density at radius 1 is 0.944 bits per heavy atom. The average Bonchev–Trinajstić information content (AvgIpc) is 3.43. The quantitative estimate of drug-likeness (QED) is 0.341. The highest BCUT2D eigenvalue weighted by Gasteiger charge is 2.26.